The minimum absolute atomic E-state index is 0.00693. The Morgan fingerprint density at radius 3 is 2.85 bits per heavy atom. The number of Topliss-reactive ketones (excluding diaryl/α,β-unsaturated/α-hetero) is 1. The predicted molar refractivity (Wildman–Crippen MR) is 103 cm³/mol. The van der Waals surface area contributed by atoms with E-state index in [-0.39, 0.29) is 17.6 Å². The number of ketones is 1. The number of amides is 1. The van der Waals surface area contributed by atoms with E-state index in [0.29, 0.717) is 36.8 Å². The van der Waals surface area contributed by atoms with Gasteiger partial charge in [-0.05, 0) is 31.4 Å². The quantitative estimate of drug-likeness (QED) is 0.555. The lowest BCUT2D eigenvalue weighted by Gasteiger charge is -2.32. The largest absolute Gasteiger partial charge is 0.493 e. The van der Waals surface area contributed by atoms with E-state index in [4.69, 9.17) is 4.74 Å². The number of imidazole rings is 1. The molecule has 1 aromatic carbocycles. The fraction of sp³-hybridized carbons (Fsp3) is 0.476. The Labute approximate surface area is 160 Å². The van der Waals surface area contributed by atoms with Crippen molar-refractivity contribution in [1.29, 1.82) is 0 Å². The first-order valence-corrected chi connectivity index (χ1v) is 9.64. The fourth-order valence-electron chi connectivity index (χ4n) is 3.43. The summed E-state index contributed by atoms with van der Waals surface area (Å²) in [7, 11) is 1.82. The van der Waals surface area contributed by atoms with Crippen molar-refractivity contribution < 1.29 is 14.3 Å². The van der Waals surface area contributed by atoms with Gasteiger partial charge in [0, 0.05) is 38.4 Å². The molecule has 0 N–H and O–H groups in total. The number of likely N-dealkylation sites (tertiary alicyclic amines) is 1. The van der Waals surface area contributed by atoms with E-state index in [1.54, 1.807) is 27.9 Å². The normalized spacial score (nSPS) is 17.0. The first-order valence-electron chi connectivity index (χ1n) is 9.64. The van der Waals surface area contributed by atoms with Crippen molar-refractivity contribution in [3.05, 3.63) is 48.0 Å². The Balaban J connectivity index is 1.72. The Morgan fingerprint density at radius 1 is 1.30 bits per heavy atom. The number of hydrogen-bond acceptors (Lipinski definition) is 4. The van der Waals surface area contributed by atoms with E-state index >= 15 is 0 Å². The van der Waals surface area contributed by atoms with E-state index < -0.39 is 0 Å². The fourth-order valence-corrected chi connectivity index (χ4v) is 3.43. The molecular formula is C21H27N3O3. The molecule has 2 heterocycles. The highest BCUT2D eigenvalue weighted by Crippen LogP contribution is 2.25. The van der Waals surface area contributed by atoms with Crippen LogP contribution in [-0.2, 0) is 7.05 Å². The molecule has 1 saturated heterocycles. The second-order valence-corrected chi connectivity index (χ2v) is 7.01. The maximum atomic E-state index is 13.1. The number of carbonyl (C=O) groups is 2. The molecule has 6 nitrogen and oxygen atoms in total. The van der Waals surface area contributed by atoms with Gasteiger partial charge >= 0.3 is 0 Å². The molecule has 0 spiro atoms. The van der Waals surface area contributed by atoms with Gasteiger partial charge < -0.3 is 14.2 Å². The van der Waals surface area contributed by atoms with E-state index in [1.807, 2.05) is 25.2 Å². The lowest BCUT2D eigenvalue weighted by molar-refractivity contribution is 0.0629. The molecule has 1 fully saturated rings. The molecule has 1 aliphatic heterocycles. The van der Waals surface area contributed by atoms with Gasteiger partial charge in [-0.2, -0.15) is 0 Å². The highest BCUT2D eigenvalue weighted by atomic mass is 16.5. The highest BCUT2D eigenvalue weighted by Gasteiger charge is 2.31. The molecule has 2 aromatic rings. The zero-order valence-electron chi connectivity index (χ0n) is 16.1. The molecule has 0 bridgehead atoms. The van der Waals surface area contributed by atoms with E-state index in [2.05, 4.69) is 11.9 Å². The number of benzene rings is 1. The van der Waals surface area contributed by atoms with Crippen LogP contribution in [0.4, 0.5) is 0 Å². The summed E-state index contributed by atoms with van der Waals surface area (Å²) in [6, 6.07) is 7.36. The van der Waals surface area contributed by atoms with Gasteiger partial charge in [-0.3, -0.25) is 9.59 Å². The second kappa shape index (κ2) is 8.84. The number of ether oxygens (including phenoxy) is 1. The minimum atomic E-state index is -0.211. The van der Waals surface area contributed by atoms with Crippen LogP contribution in [0.3, 0.4) is 0 Å². The third kappa shape index (κ3) is 4.38. The molecule has 0 unspecified atom stereocenters. The van der Waals surface area contributed by atoms with Gasteiger partial charge in [0.2, 0.25) is 5.78 Å². The lowest BCUT2D eigenvalue weighted by Crippen LogP contribution is -2.42. The third-order valence-corrected chi connectivity index (χ3v) is 4.99. The summed E-state index contributed by atoms with van der Waals surface area (Å²) < 4.78 is 7.55. The molecule has 1 aromatic heterocycles. The molecule has 0 saturated carbocycles. The number of unbranched alkanes of at least 4 members (excludes halogenated alkanes) is 1. The summed E-state index contributed by atoms with van der Waals surface area (Å²) in [5.41, 5.74) is 0.568. The molecule has 0 radical (unpaired) electrons. The summed E-state index contributed by atoms with van der Waals surface area (Å²) in [6.45, 7) is 3.79. The van der Waals surface area contributed by atoms with Crippen LogP contribution in [-0.4, -0.2) is 45.8 Å². The van der Waals surface area contributed by atoms with Gasteiger partial charge in [0.1, 0.15) is 5.75 Å². The van der Waals surface area contributed by atoms with Crippen molar-refractivity contribution in [1.82, 2.24) is 14.5 Å². The van der Waals surface area contributed by atoms with Gasteiger partial charge in [-0.15, -0.1) is 0 Å². The maximum Gasteiger partial charge on any atom is 0.257 e. The summed E-state index contributed by atoms with van der Waals surface area (Å²) >= 11 is 0. The van der Waals surface area contributed by atoms with Crippen LogP contribution in [0.2, 0.25) is 0 Å². The van der Waals surface area contributed by atoms with Crippen molar-refractivity contribution >= 4 is 11.7 Å². The van der Waals surface area contributed by atoms with E-state index in [9.17, 15) is 9.59 Å². The first kappa shape index (κ1) is 19.1. The first-order chi connectivity index (χ1) is 13.1. The van der Waals surface area contributed by atoms with Crippen LogP contribution in [0.5, 0.6) is 5.75 Å². The average molecular weight is 369 g/mol. The SMILES string of the molecule is CCCCOc1ccccc1C(=O)N1CCC[C@@H](C(=O)c2nccn2C)C1. The highest BCUT2D eigenvalue weighted by molar-refractivity contribution is 5.98. The zero-order chi connectivity index (χ0) is 19.2. The molecule has 144 valence electrons. The molecule has 3 rings (SSSR count). The van der Waals surface area contributed by atoms with Gasteiger partial charge in [0.15, 0.2) is 5.82 Å². The minimum Gasteiger partial charge on any atom is -0.493 e. The number of nitrogens with zero attached hydrogens (tertiary/aromatic N) is 3. The average Bonchev–Trinajstić information content (AvgIpc) is 3.13. The van der Waals surface area contributed by atoms with Crippen LogP contribution < -0.4 is 4.74 Å². The number of aromatic nitrogens is 2. The lowest BCUT2D eigenvalue weighted by atomic mass is 9.92. The van der Waals surface area contributed by atoms with Gasteiger partial charge in [0.05, 0.1) is 12.2 Å². The molecule has 0 aliphatic carbocycles. The number of piperidine rings is 1. The van der Waals surface area contributed by atoms with Crippen LogP contribution in [0, 0.1) is 5.92 Å². The summed E-state index contributed by atoms with van der Waals surface area (Å²) in [5, 5.41) is 0. The van der Waals surface area contributed by atoms with Crippen LogP contribution in [0.1, 0.15) is 53.6 Å². The van der Waals surface area contributed by atoms with Crippen molar-refractivity contribution in [2.24, 2.45) is 13.0 Å². The molecule has 1 amide bonds. The number of hydrogen-bond donors (Lipinski definition) is 0. The smallest absolute Gasteiger partial charge is 0.257 e. The topological polar surface area (TPSA) is 64.4 Å². The Bertz CT molecular complexity index is 799. The molecule has 1 aliphatic rings. The van der Waals surface area contributed by atoms with E-state index in [0.717, 1.165) is 25.7 Å². The Hall–Kier alpha value is -2.63. The molecule has 6 heteroatoms. The van der Waals surface area contributed by atoms with Crippen LogP contribution in [0.15, 0.2) is 36.7 Å². The second-order valence-electron chi connectivity index (χ2n) is 7.01. The number of carbonyl (C=O) groups excluding carboxylic acids is 2. The number of para-hydroxylation sites is 1. The van der Waals surface area contributed by atoms with Crippen molar-refractivity contribution in [3.8, 4) is 5.75 Å². The van der Waals surface area contributed by atoms with Crippen LogP contribution in [0.25, 0.3) is 0 Å². The Kier molecular flexibility index (Phi) is 6.27. The Morgan fingerprint density at radius 2 is 2.11 bits per heavy atom. The summed E-state index contributed by atoms with van der Waals surface area (Å²) in [5.74, 6) is 0.801. The summed E-state index contributed by atoms with van der Waals surface area (Å²) in [6.07, 6.45) is 6.98. The standard InChI is InChI=1S/C21H27N3O3/c1-3-4-14-27-18-10-6-5-9-17(18)21(26)24-12-7-8-16(15-24)19(25)20-22-11-13-23(20)2/h5-6,9-11,13,16H,3-4,7-8,12,14-15H2,1-2H3/t16-/m1/s1. The predicted octanol–water partition coefficient (Wildman–Crippen LogP) is 3.33. The van der Waals surface area contributed by atoms with Crippen molar-refractivity contribution in [3.63, 3.8) is 0 Å². The maximum absolute atomic E-state index is 13.1. The zero-order valence-corrected chi connectivity index (χ0v) is 16.1. The number of aryl methyl sites for hydroxylation is 1. The number of rotatable bonds is 7. The van der Waals surface area contributed by atoms with Gasteiger partial charge in [0.25, 0.3) is 5.91 Å². The molecule has 1 atom stereocenters. The third-order valence-electron chi connectivity index (χ3n) is 4.99. The van der Waals surface area contributed by atoms with Gasteiger partial charge in [-0.1, -0.05) is 25.5 Å². The van der Waals surface area contributed by atoms with Crippen LogP contribution >= 0.6 is 0 Å². The van der Waals surface area contributed by atoms with Gasteiger partial charge in [-0.25, -0.2) is 4.98 Å². The molecule has 27 heavy (non-hydrogen) atoms. The summed E-state index contributed by atoms with van der Waals surface area (Å²) in [4.78, 5) is 31.8. The molecular weight excluding hydrogens is 342 g/mol. The van der Waals surface area contributed by atoms with Crippen molar-refractivity contribution in [2.45, 2.75) is 32.6 Å². The van der Waals surface area contributed by atoms with Crippen molar-refractivity contribution in [2.75, 3.05) is 19.7 Å². The monoisotopic (exact) mass is 369 g/mol. The van der Waals surface area contributed by atoms with E-state index in [1.165, 1.54) is 0 Å².